The van der Waals surface area contributed by atoms with Gasteiger partial charge in [0.15, 0.2) is 0 Å². The Balaban J connectivity index is 2.56. The van der Waals surface area contributed by atoms with Crippen LogP contribution in [0.2, 0.25) is 0 Å². The maximum absolute atomic E-state index is 8.88. The first-order valence-electron chi connectivity index (χ1n) is 6.93. The topological polar surface area (TPSA) is 46.2 Å². The normalized spacial score (nSPS) is 15.3. The lowest BCUT2D eigenvalue weighted by Gasteiger charge is -2.20. The second-order valence-electron chi connectivity index (χ2n) is 6.13. The van der Waals surface area contributed by atoms with Crippen LogP contribution in [-0.4, -0.2) is 22.7 Å². The number of aliphatic hydroxyl groups excluding tert-OH is 1. The molecule has 0 spiro atoms. The van der Waals surface area contributed by atoms with E-state index in [-0.39, 0.29) is 18.1 Å². The zero-order valence-electron chi connectivity index (χ0n) is 12.5. The van der Waals surface area contributed by atoms with Gasteiger partial charge in [0.2, 0.25) is 0 Å². The van der Waals surface area contributed by atoms with Crippen LogP contribution >= 0.6 is 11.8 Å². The van der Waals surface area contributed by atoms with Crippen molar-refractivity contribution in [2.75, 3.05) is 12.4 Å². The second kappa shape index (κ2) is 7.32. The first-order chi connectivity index (χ1) is 8.84. The summed E-state index contributed by atoms with van der Waals surface area (Å²) in [4.78, 5) is 0. The fraction of sp³-hybridized carbons (Fsp3) is 0.625. The summed E-state index contributed by atoms with van der Waals surface area (Å²) in [5.41, 5.74) is 8.93. The van der Waals surface area contributed by atoms with Gasteiger partial charge in [0.25, 0.3) is 0 Å². The summed E-state index contributed by atoms with van der Waals surface area (Å²) in [5.74, 6) is 0.899. The molecule has 0 fully saturated rings. The molecule has 2 atom stereocenters. The van der Waals surface area contributed by atoms with Crippen molar-refractivity contribution in [1.29, 1.82) is 0 Å². The summed E-state index contributed by atoms with van der Waals surface area (Å²) in [6, 6.07) is 8.71. The molecule has 0 radical (unpaired) electrons. The van der Waals surface area contributed by atoms with Crippen molar-refractivity contribution < 1.29 is 5.11 Å². The molecule has 108 valence electrons. The number of rotatable bonds is 6. The van der Waals surface area contributed by atoms with Crippen molar-refractivity contribution in [2.24, 2.45) is 5.73 Å². The maximum atomic E-state index is 8.88. The van der Waals surface area contributed by atoms with E-state index in [1.807, 2.05) is 11.8 Å². The minimum Gasteiger partial charge on any atom is -0.396 e. The first-order valence-corrected chi connectivity index (χ1v) is 7.98. The van der Waals surface area contributed by atoms with E-state index in [9.17, 15) is 0 Å². The number of aliphatic hydroxyl groups is 1. The van der Waals surface area contributed by atoms with Gasteiger partial charge in [-0.05, 0) is 23.0 Å². The molecule has 0 saturated carbocycles. The number of benzene rings is 1. The van der Waals surface area contributed by atoms with Crippen LogP contribution in [0.15, 0.2) is 24.3 Å². The van der Waals surface area contributed by atoms with Crippen LogP contribution in [0.3, 0.4) is 0 Å². The van der Waals surface area contributed by atoms with Gasteiger partial charge in [0.1, 0.15) is 0 Å². The van der Waals surface area contributed by atoms with Gasteiger partial charge in [-0.1, -0.05) is 52.0 Å². The van der Waals surface area contributed by atoms with Crippen molar-refractivity contribution in [2.45, 2.75) is 50.8 Å². The SMILES string of the molecule is CC(CCO)SCC(N)c1ccc(C(C)(C)C)cc1. The Morgan fingerprint density at radius 1 is 1.21 bits per heavy atom. The summed E-state index contributed by atoms with van der Waals surface area (Å²) in [6.45, 7) is 9.04. The van der Waals surface area contributed by atoms with Crippen LogP contribution < -0.4 is 5.73 Å². The van der Waals surface area contributed by atoms with E-state index in [0.29, 0.717) is 5.25 Å². The quantitative estimate of drug-likeness (QED) is 0.839. The first kappa shape index (κ1) is 16.5. The van der Waals surface area contributed by atoms with Crippen molar-refractivity contribution in [3.05, 3.63) is 35.4 Å². The number of hydrogen-bond acceptors (Lipinski definition) is 3. The average molecular weight is 281 g/mol. The molecule has 0 heterocycles. The Bertz CT molecular complexity index is 369. The Kier molecular flexibility index (Phi) is 6.37. The van der Waals surface area contributed by atoms with Crippen LogP contribution in [-0.2, 0) is 5.41 Å². The molecule has 1 aromatic rings. The molecule has 3 heteroatoms. The molecule has 19 heavy (non-hydrogen) atoms. The standard InChI is InChI=1S/C16H27NOS/c1-12(9-10-18)19-11-15(17)13-5-7-14(8-6-13)16(2,3)4/h5-8,12,15,18H,9-11,17H2,1-4H3. The molecule has 2 nitrogen and oxygen atoms in total. The molecule has 2 unspecified atom stereocenters. The zero-order chi connectivity index (χ0) is 14.5. The van der Waals surface area contributed by atoms with Gasteiger partial charge in [-0.2, -0.15) is 11.8 Å². The van der Waals surface area contributed by atoms with Crippen LogP contribution in [0, 0.1) is 0 Å². The minimum absolute atomic E-state index is 0.0696. The van der Waals surface area contributed by atoms with Crippen LogP contribution in [0.5, 0.6) is 0 Å². The van der Waals surface area contributed by atoms with Gasteiger partial charge in [0, 0.05) is 23.7 Å². The van der Waals surface area contributed by atoms with Gasteiger partial charge < -0.3 is 10.8 Å². The molecule has 1 rings (SSSR count). The monoisotopic (exact) mass is 281 g/mol. The summed E-state index contributed by atoms with van der Waals surface area (Å²) in [5, 5.41) is 9.34. The van der Waals surface area contributed by atoms with E-state index in [1.54, 1.807) is 0 Å². The lowest BCUT2D eigenvalue weighted by atomic mass is 9.86. The van der Waals surface area contributed by atoms with Crippen LogP contribution in [0.4, 0.5) is 0 Å². The molecular formula is C16H27NOS. The number of hydrogen-bond donors (Lipinski definition) is 2. The van der Waals surface area contributed by atoms with Crippen molar-refractivity contribution in [3.8, 4) is 0 Å². The highest BCUT2D eigenvalue weighted by molar-refractivity contribution is 7.99. The van der Waals surface area contributed by atoms with E-state index >= 15 is 0 Å². The van der Waals surface area contributed by atoms with Gasteiger partial charge in [-0.15, -0.1) is 0 Å². The Labute approximate surface area is 121 Å². The summed E-state index contributed by atoms with van der Waals surface area (Å²) in [7, 11) is 0. The Morgan fingerprint density at radius 2 is 1.79 bits per heavy atom. The summed E-state index contributed by atoms with van der Waals surface area (Å²) >= 11 is 1.83. The van der Waals surface area contributed by atoms with E-state index in [2.05, 4.69) is 52.0 Å². The largest absolute Gasteiger partial charge is 0.396 e. The lowest BCUT2D eigenvalue weighted by molar-refractivity contribution is 0.289. The highest BCUT2D eigenvalue weighted by Crippen LogP contribution is 2.25. The molecule has 0 saturated heterocycles. The Morgan fingerprint density at radius 3 is 2.26 bits per heavy atom. The van der Waals surface area contributed by atoms with Crippen molar-refractivity contribution in [3.63, 3.8) is 0 Å². The molecule has 3 N–H and O–H groups in total. The summed E-state index contributed by atoms with van der Waals surface area (Å²) in [6.07, 6.45) is 0.834. The fourth-order valence-corrected chi connectivity index (χ4v) is 2.86. The van der Waals surface area contributed by atoms with Crippen molar-refractivity contribution >= 4 is 11.8 Å². The molecule has 0 aliphatic heterocycles. The predicted molar refractivity (Wildman–Crippen MR) is 85.7 cm³/mol. The molecule has 0 bridgehead atoms. The van der Waals surface area contributed by atoms with Crippen molar-refractivity contribution in [1.82, 2.24) is 0 Å². The van der Waals surface area contributed by atoms with Crippen LogP contribution in [0.1, 0.15) is 51.3 Å². The molecular weight excluding hydrogens is 254 g/mol. The van der Waals surface area contributed by atoms with Gasteiger partial charge in [0.05, 0.1) is 0 Å². The smallest absolute Gasteiger partial charge is 0.0441 e. The number of nitrogens with two attached hydrogens (primary N) is 1. The molecule has 0 aromatic heterocycles. The van der Waals surface area contributed by atoms with Crippen LogP contribution in [0.25, 0.3) is 0 Å². The summed E-state index contributed by atoms with van der Waals surface area (Å²) < 4.78 is 0. The van der Waals surface area contributed by atoms with Gasteiger partial charge >= 0.3 is 0 Å². The Hall–Kier alpha value is -0.510. The minimum atomic E-state index is 0.0696. The number of thioether (sulfide) groups is 1. The molecule has 1 aromatic carbocycles. The second-order valence-corrected chi connectivity index (χ2v) is 7.61. The van der Waals surface area contributed by atoms with E-state index in [0.717, 1.165) is 12.2 Å². The fourth-order valence-electron chi connectivity index (χ4n) is 1.86. The van der Waals surface area contributed by atoms with E-state index in [1.165, 1.54) is 11.1 Å². The molecule has 0 amide bonds. The van der Waals surface area contributed by atoms with Gasteiger partial charge in [-0.25, -0.2) is 0 Å². The zero-order valence-corrected chi connectivity index (χ0v) is 13.3. The highest BCUT2D eigenvalue weighted by Gasteiger charge is 2.14. The molecule has 0 aliphatic rings. The third-order valence-electron chi connectivity index (χ3n) is 3.30. The highest BCUT2D eigenvalue weighted by atomic mass is 32.2. The average Bonchev–Trinajstić information content (AvgIpc) is 2.35. The van der Waals surface area contributed by atoms with E-state index in [4.69, 9.17) is 10.8 Å². The van der Waals surface area contributed by atoms with Gasteiger partial charge in [-0.3, -0.25) is 0 Å². The maximum Gasteiger partial charge on any atom is 0.0441 e. The predicted octanol–water partition coefficient (Wildman–Crippen LogP) is 3.49. The van der Waals surface area contributed by atoms with E-state index < -0.39 is 0 Å². The third kappa shape index (κ3) is 5.55. The lowest BCUT2D eigenvalue weighted by Crippen LogP contribution is -2.16. The molecule has 0 aliphatic carbocycles. The third-order valence-corrected chi connectivity index (χ3v) is 4.66.